The van der Waals surface area contributed by atoms with Gasteiger partial charge >= 0.3 is 5.97 Å². The standard InChI is InChI=1S/C27H37N5O7S/c1-5-25(34)32-15-21(12-20(32)13-29-23-8-6-7-9-28-23)39-16-24(33)30-14-22(27(35)36)31-40(37,38)26-18(3)10-17(2)11-19(26)4/h6-11,20-22,31H,5,12-16H2,1-4H3,(H,28,29)(H,30,33)(H,35,36). The summed E-state index contributed by atoms with van der Waals surface area (Å²) >= 11 is 0. The van der Waals surface area contributed by atoms with E-state index in [0.29, 0.717) is 42.9 Å². The van der Waals surface area contributed by atoms with Gasteiger partial charge in [0.1, 0.15) is 18.5 Å². The Balaban J connectivity index is 1.54. The molecule has 0 spiro atoms. The predicted octanol–water partition coefficient (Wildman–Crippen LogP) is 1.36. The molecule has 2 heterocycles. The van der Waals surface area contributed by atoms with Crippen LogP contribution in [0.5, 0.6) is 0 Å². The Morgan fingerprint density at radius 1 is 1.18 bits per heavy atom. The number of anilines is 1. The number of carbonyl (C=O) groups is 3. The molecule has 1 aromatic heterocycles. The first-order valence-electron chi connectivity index (χ1n) is 13.1. The van der Waals surface area contributed by atoms with E-state index in [2.05, 4.69) is 20.3 Å². The minimum Gasteiger partial charge on any atom is -0.480 e. The second-order valence-electron chi connectivity index (χ2n) is 9.86. The van der Waals surface area contributed by atoms with E-state index in [1.54, 1.807) is 44.0 Å². The maximum absolute atomic E-state index is 13.0. The number of nitrogens with one attached hydrogen (secondary N) is 3. The zero-order chi connectivity index (χ0) is 29.4. The van der Waals surface area contributed by atoms with E-state index in [9.17, 15) is 27.9 Å². The van der Waals surface area contributed by atoms with E-state index >= 15 is 0 Å². The van der Waals surface area contributed by atoms with Gasteiger partial charge in [-0.15, -0.1) is 0 Å². The van der Waals surface area contributed by atoms with Crippen molar-refractivity contribution in [3.63, 3.8) is 0 Å². The van der Waals surface area contributed by atoms with Crippen LogP contribution < -0.4 is 15.4 Å². The lowest BCUT2D eigenvalue weighted by molar-refractivity contribution is -0.139. The number of benzene rings is 1. The number of hydrogen-bond acceptors (Lipinski definition) is 8. The number of ether oxygens (including phenoxy) is 1. The highest BCUT2D eigenvalue weighted by Crippen LogP contribution is 2.23. The van der Waals surface area contributed by atoms with Crippen molar-refractivity contribution in [2.24, 2.45) is 0 Å². The molecule has 13 heteroatoms. The summed E-state index contributed by atoms with van der Waals surface area (Å²) in [7, 11) is -4.17. The first kappa shape index (κ1) is 31.0. The molecule has 4 N–H and O–H groups in total. The summed E-state index contributed by atoms with van der Waals surface area (Å²) in [5, 5.41) is 15.2. The Bertz CT molecular complexity index is 1300. The second kappa shape index (κ2) is 13.7. The number of rotatable bonds is 13. The summed E-state index contributed by atoms with van der Waals surface area (Å²) < 4.78 is 33.9. The molecule has 1 saturated heterocycles. The second-order valence-corrected chi connectivity index (χ2v) is 11.5. The molecule has 12 nitrogen and oxygen atoms in total. The number of hydrogen-bond donors (Lipinski definition) is 4. The fourth-order valence-electron chi connectivity index (χ4n) is 4.86. The molecule has 1 aliphatic heterocycles. The van der Waals surface area contributed by atoms with Crippen LogP contribution in [0.3, 0.4) is 0 Å². The number of aromatic nitrogens is 1. The van der Waals surface area contributed by atoms with Gasteiger partial charge in [-0.2, -0.15) is 4.72 Å². The van der Waals surface area contributed by atoms with E-state index in [1.807, 2.05) is 25.1 Å². The minimum absolute atomic E-state index is 0.0125. The van der Waals surface area contributed by atoms with Gasteiger partial charge in [0.2, 0.25) is 21.8 Å². The average molecular weight is 576 g/mol. The molecule has 218 valence electrons. The number of aliphatic carboxylic acids is 1. The molecule has 3 atom stereocenters. The number of carboxylic acids is 1. The molecule has 0 bridgehead atoms. The topological polar surface area (TPSA) is 167 Å². The van der Waals surface area contributed by atoms with Gasteiger partial charge in [-0.25, -0.2) is 13.4 Å². The van der Waals surface area contributed by atoms with Crippen molar-refractivity contribution in [2.45, 2.75) is 63.6 Å². The number of aryl methyl sites for hydroxylation is 3. The van der Waals surface area contributed by atoms with Gasteiger partial charge in [0.05, 0.1) is 17.0 Å². The highest BCUT2D eigenvalue weighted by Gasteiger charge is 2.35. The van der Waals surface area contributed by atoms with Crippen LogP contribution >= 0.6 is 0 Å². The van der Waals surface area contributed by atoms with Gasteiger partial charge in [-0.3, -0.25) is 14.4 Å². The third-order valence-electron chi connectivity index (χ3n) is 6.60. The van der Waals surface area contributed by atoms with Crippen LogP contribution in [0, 0.1) is 20.8 Å². The summed E-state index contributed by atoms with van der Waals surface area (Å²) in [5.41, 5.74) is 1.87. The van der Waals surface area contributed by atoms with Crippen LogP contribution in [0.25, 0.3) is 0 Å². The number of pyridine rings is 1. The summed E-state index contributed by atoms with van der Waals surface area (Å²) in [4.78, 5) is 42.7. The van der Waals surface area contributed by atoms with Crippen LogP contribution in [-0.4, -0.2) is 85.6 Å². The molecule has 0 aliphatic carbocycles. The molecule has 1 aliphatic rings. The number of nitrogens with zero attached hydrogens (tertiary/aromatic N) is 2. The van der Waals surface area contributed by atoms with E-state index in [1.165, 1.54) is 0 Å². The van der Waals surface area contributed by atoms with Crippen molar-refractivity contribution in [3.8, 4) is 0 Å². The van der Waals surface area contributed by atoms with E-state index in [0.717, 1.165) is 5.56 Å². The highest BCUT2D eigenvalue weighted by molar-refractivity contribution is 7.89. The van der Waals surface area contributed by atoms with Crippen molar-refractivity contribution >= 4 is 33.6 Å². The van der Waals surface area contributed by atoms with E-state index < -0.39 is 40.6 Å². The van der Waals surface area contributed by atoms with Crippen molar-refractivity contribution in [1.29, 1.82) is 0 Å². The van der Waals surface area contributed by atoms with E-state index in [-0.39, 0.29) is 23.5 Å². The third-order valence-corrected chi connectivity index (χ3v) is 8.38. The molecule has 1 fully saturated rings. The average Bonchev–Trinajstić information content (AvgIpc) is 3.31. The lowest BCUT2D eigenvalue weighted by atomic mass is 10.1. The molecule has 3 unspecified atom stereocenters. The van der Waals surface area contributed by atoms with Crippen molar-refractivity contribution in [3.05, 3.63) is 53.2 Å². The van der Waals surface area contributed by atoms with Gasteiger partial charge in [0.25, 0.3) is 0 Å². The summed E-state index contributed by atoms with van der Waals surface area (Å²) in [6.07, 6.45) is 2.12. The Morgan fingerprint density at radius 3 is 2.48 bits per heavy atom. The van der Waals surface area contributed by atoms with Crippen molar-refractivity contribution in [1.82, 2.24) is 19.9 Å². The highest BCUT2D eigenvalue weighted by atomic mass is 32.2. The van der Waals surface area contributed by atoms with E-state index in [4.69, 9.17) is 4.74 Å². The first-order valence-corrected chi connectivity index (χ1v) is 14.5. The molecule has 3 rings (SSSR count). The zero-order valence-electron chi connectivity index (χ0n) is 23.1. The molecule has 1 aromatic carbocycles. The van der Waals surface area contributed by atoms with Gasteiger partial charge in [0.15, 0.2) is 0 Å². The summed E-state index contributed by atoms with van der Waals surface area (Å²) in [6, 6.07) is 7.16. The van der Waals surface area contributed by atoms with Crippen LogP contribution in [0.1, 0.15) is 36.5 Å². The molecular weight excluding hydrogens is 538 g/mol. The molecule has 2 aromatic rings. The lowest BCUT2D eigenvalue weighted by Crippen LogP contribution is -2.49. The molecule has 0 radical (unpaired) electrons. The lowest BCUT2D eigenvalue weighted by Gasteiger charge is -2.24. The zero-order valence-corrected chi connectivity index (χ0v) is 24.0. The van der Waals surface area contributed by atoms with Crippen LogP contribution in [0.2, 0.25) is 0 Å². The SMILES string of the molecule is CCC(=O)N1CC(OCC(=O)NCC(NS(=O)(=O)c2c(C)cc(C)cc2C)C(=O)O)CC1CNc1ccccn1. The number of amides is 2. The first-order chi connectivity index (χ1) is 18.9. The fraction of sp³-hybridized carbons (Fsp3) is 0.481. The van der Waals surface area contributed by atoms with Crippen molar-refractivity contribution < 1.29 is 32.6 Å². The molecule has 0 saturated carbocycles. The molecular formula is C27H37N5O7S. The molecule has 2 amide bonds. The predicted molar refractivity (Wildman–Crippen MR) is 148 cm³/mol. The maximum Gasteiger partial charge on any atom is 0.323 e. The Morgan fingerprint density at radius 2 is 1.88 bits per heavy atom. The number of likely N-dealkylation sites (tertiary alicyclic amines) is 1. The van der Waals surface area contributed by atoms with Gasteiger partial charge in [-0.05, 0) is 50.5 Å². The monoisotopic (exact) mass is 575 g/mol. The summed E-state index contributed by atoms with van der Waals surface area (Å²) in [6.45, 7) is 6.85. The normalized spacial score (nSPS) is 17.9. The van der Waals surface area contributed by atoms with Crippen LogP contribution in [0.4, 0.5) is 5.82 Å². The van der Waals surface area contributed by atoms with Gasteiger partial charge < -0.3 is 25.4 Å². The van der Waals surface area contributed by atoms with Crippen molar-refractivity contribution in [2.75, 3.05) is 31.6 Å². The van der Waals surface area contributed by atoms with Gasteiger partial charge in [0, 0.05) is 32.3 Å². The Labute approximate surface area is 234 Å². The number of sulfonamides is 1. The molecule has 40 heavy (non-hydrogen) atoms. The summed E-state index contributed by atoms with van der Waals surface area (Å²) in [5.74, 6) is -1.37. The Hall–Kier alpha value is -3.55. The maximum atomic E-state index is 13.0. The van der Waals surface area contributed by atoms with Gasteiger partial charge in [-0.1, -0.05) is 30.7 Å². The fourth-order valence-corrected chi connectivity index (χ4v) is 6.51. The quantitative estimate of drug-likeness (QED) is 0.276. The number of carbonyl (C=O) groups excluding carboxylic acids is 2. The minimum atomic E-state index is -4.17. The number of carboxylic acid groups (broad SMARTS) is 1. The van der Waals surface area contributed by atoms with Crippen LogP contribution in [-0.2, 0) is 29.1 Å². The Kier molecular flexibility index (Phi) is 10.6. The van der Waals surface area contributed by atoms with Crippen LogP contribution in [0.15, 0.2) is 41.4 Å². The third kappa shape index (κ3) is 8.23. The largest absolute Gasteiger partial charge is 0.480 e. The smallest absolute Gasteiger partial charge is 0.323 e.